The van der Waals surface area contributed by atoms with Gasteiger partial charge in [-0.3, -0.25) is 9.80 Å². The van der Waals surface area contributed by atoms with Gasteiger partial charge in [-0.1, -0.05) is 93.0 Å². The van der Waals surface area contributed by atoms with E-state index in [2.05, 4.69) is 91.2 Å². The second kappa shape index (κ2) is 9.56. The topological polar surface area (TPSA) is 6.48 Å². The van der Waals surface area contributed by atoms with Crippen LogP contribution in [-0.2, 0) is 18.5 Å². The maximum Gasteiger partial charge on any atom is 0.0406 e. The average Bonchev–Trinajstić information content (AvgIpc) is 2.76. The van der Waals surface area contributed by atoms with Crippen molar-refractivity contribution in [2.45, 2.75) is 39.3 Å². The lowest BCUT2D eigenvalue weighted by molar-refractivity contribution is 0.122. The zero-order chi connectivity index (χ0) is 21.8. The summed E-state index contributed by atoms with van der Waals surface area (Å²) in [7, 11) is 0. The molecule has 1 saturated heterocycles. The van der Waals surface area contributed by atoms with E-state index >= 15 is 0 Å². The first-order valence-corrected chi connectivity index (χ1v) is 11.6. The molecule has 1 fully saturated rings. The van der Waals surface area contributed by atoms with E-state index in [9.17, 15) is 0 Å². The maximum absolute atomic E-state index is 6.08. The molecule has 0 aromatic heterocycles. The second-order valence-corrected chi connectivity index (χ2v) is 10.1. The fourth-order valence-electron chi connectivity index (χ4n) is 4.28. The number of rotatable bonds is 5. The number of halogens is 1. The molecular weight excluding hydrogens is 400 g/mol. The Kier molecular flexibility index (Phi) is 6.81. The monoisotopic (exact) mass is 432 g/mol. The molecule has 1 heterocycles. The number of nitrogens with zero attached hydrogens (tertiary/aromatic N) is 2. The van der Waals surface area contributed by atoms with Crippen LogP contribution < -0.4 is 0 Å². The summed E-state index contributed by atoms with van der Waals surface area (Å²) in [5.74, 6) is 0. The summed E-state index contributed by atoms with van der Waals surface area (Å²) in [5.41, 5.74) is 6.95. The van der Waals surface area contributed by atoms with Gasteiger partial charge in [-0.25, -0.2) is 0 Å². The van der Waals surface area contributed by atoms with Gasteiger partial charge >= 0.3 is 0 Å². The first-order chi connectivity index (χ1) is 14.9. The summed E-state index contributed by atoms with van der Waals surface area (Å²) in [6.45, 7) is 13.3. The van der Waals surface area contributed by atoms with Crippen molar-refractivity contribution in [3.63, 3.8) is 0 Å². The summed E-state index contributed by atoms with van der Waals surface area (Å²) in [5, 5.41) is 0.783. The zero-order valence-corrected chi connectivity index (χ0v) is 19.7. The molecule has 31 heavy (non-hydrogen) atoms. The molecule has 0 amide bonds. The Hall–Kier alpha value is -2.13. The highest BCUT2D eigenvalue weighted by atomic mass is 35.5. The molecule has 1 aliphatic rings. The van der Waals surface area contributed by atoms with Crippen molar-refractivity contribution in [3.8, 4) is 11.1 Å². The van der Waals surface area contributed by atoms with Gasteiger partial charge in [0.2, 0.25) is 0 Å². The Labute approximate surface area is 192 Å². The van der Waals surface area contributed by atoms with Crippen molar-refractivity contribution < 1.29 is 0 Å². The SMILES string of the molecule is CC(C)(C)c1ccc(CN2CCN(Cc3ccccc3-c3ccc(Cl)cc3)CC2)cc1. The van der Waals surface area contributed by atoms with E-state index in [-0.39, 0.29) is 5.41 Å². The first kappa shape index (κ1) is 22.1. The van der Waals surface area contributed by atoms with E-state index < -0.39 is 0 Å². The molecular formula is C28H33ClN2. The minimum absolute atomic E-state index is 0.215. The van der Waals surface area contributed by atoms with Crippen LogP contribution in [0.5, 0.6) is 0 Å². The Bertz CT molecular complexity index is 979. The van der Waals surface area contributed by atoms with Crippen molar-refractivity contribution >= 4 is 11.6 Å². The second-order valence-electron chi connectivity index (χ2n) is 9.66. The molecule has 0 spiro atoms. The third-order valence-corrected chi connectivity index (χ3v) is 6.51. The van der Waals surface area contributed by atoms with Crippen molar-refractivity contribution in [3.05, 3.63) is 94.5 Å². The Morgan fingerprint density at radius 2 is 1.29 bits per heavy atom. The maximum atomic E-state index is 6.08. The molecule has 3 aromatic rings. The first-order valence-electron chi connectivity index (χ1n) is 11.3. The van der Waals surface area contributed by atoms with Gasteiger partial charge in [0.25, 0.3) is 0 Å². The highest BCUT2D eigenvalue weighted by Crippen LogP contribution is 2.27. The number of hydrogen-bond donors (Lipinski definition) is 0. The van der Waals surface area contributed by atoms with E-state index in [1.54, 1.807) is 0 Å². The van der Waals surface area contributed by atoms with Crippen LogP contribution >= 0.6 is 11.6 Å². The average molecular weight is 433 g/mol. The van der Waals surface area contributed by atoms with Crippen molar-refractivity contribution in [1.29, 1.82) is 0 Å². The molecule has 0 saturated carbocycles. The van der Waals surface area contributed by atoms with Crippen molar-refractivity contribution in [2.75, 3.05) is 26.2 Å². The van der Waals surface area contributed by atoms with Gasteiger partial charge in [0.1, 0.15) is 0 Å². The van der Waals surface area contributed by atoms with Gasteiger partial charge in [0, 0.05) is 44.3 Å². The Morgan fingerprint density at radius 3 is 1.90 bits per heavy atom. The highest BCUT2D eigenvalue weighted by Gasteiger charge is 2.19. The van der Waals surface area contributed by atoms with E-state index in [1.807, 2.05) is 12.1 Å². The van der Waals surface area contributed by atoms with Crippen molar-refractivity contribution in [1.82, 2.24) is 9.80 Å². The van der Waals surface area contributed by atoms with Crippen LogP contribution in [0.1, 0.15) is 37.5 Å². The summed E-state index contributed by atoms with van der Waals surface area (Å²) in [4.78, 5) is 5.15. The molecule has 0 radical (unpaired) electrons. The van der Waals surface area contributed by atoms with Crippen LogP contribution in [-0.4, -0.2) is 36.0 Å². The lowest BCUT2D eigenvalue weighted by atomic mass is 9.87. The molecule has 0 unspecified atom stereocenters. The third-order valence-electron chi connectivity index (χ3n) is 6.26. The Morgan fingerprint density at radius 1 is 0.710 bits per heavy atom. The predicted molar refractivity (Wildman–Crippen MR) is 133 cm³/mol. The Balaban J connectivity index is 1.34. The quantitative estimate of drug-likeness (QED) is 0.446. The zero-order valence-electron chi connectivity index (χ0n) is 18.9. The number of hydrogen-bond acceptors (Lipinski definition) is 2. The summed E-state index contributed by atoms with van der Waals surface area (Å²) in [6.07, 6.45) is 0. The minimum atomic E-state index is 0.215. The van der Waals surface area contributed by atoms with E-state index in [0.29, 0.717) is 0 Å². The highest BCUT2D eigenvalue weighted by molar-refractivity contribution is 6.30. The van der Waals surface area contributed by atoms with Gasteiger partial charge in [0.05, 0.1) is 0 Å². The fourth-order valence-corrected chi connectivity index (χ4v) is 4.41. The molecule has 1 aliphatic heterocycles. The molecule has 4 rings (SSSR count). The lowest BCUT2D eigenvalue weighted by Crippen LogP contribution is -2.45. The van der Waals surface area contributed by atoms with Gasteiger partial charge < -0.3 is 0 Å². The van der Waals surface area contributed by atoms with Crippen LogP contribution in [0.4, 0.5) is 0 Å². The van der Waals surface area contributed by atoms with Crippen LogP contribution in [0, 0.1) is 0 Å². The van der Waals surface area contributed by atoms with Crippen LogP contribution in [0.2, 0.25) is 5.02 Å². The van der Waals surface area contributed by atoms with Gasteiger partial charge in [-0.2, -0.15) is 0 Å². The summed E-state index contributed by atoms with van der Waals surface area (Å²) in [6, 6.07) is 26.1. The van der Waals surface area contributed by atoms with Crippen LogP contribution in [0.15, 0.2) is 72.8 Å². The van der Waals surface area contributed by atoms with E-state index in [4.69, 9.17) is 11.6 Å². The van der Waals surface area contributed by atoms with Gasteiger partial charge in [0.15, 0.2) is 0 Å². The molecule has 3 heteroatoms. The normalized spacial score (nSPS) is 15.9. The largest absolute Gasteiger partial charge is 0.297 e. The van der Waals surface area contributed by atoms with Crippen molar-refractivity contribution in [2.24, 2.45) is 0 Å². The van der Waals surface area contributed by atoms with Crippen LogP contribution in [0.3, 0.4) is 0 Å². The summed E-state index contributed by atoms with van der Waals surface area (Å²) >= 11 is 6.08. The van der Waals surface area contributed by atoms with Gasteiger partial charge in [-0.05, 0) is 45.4 Å². The molecule has 0 atom stereocenters. The molecule has 3 aromatic carbocycles. The smallest absolute Gasteiger partial charge is 0.0406 e. The van der Waals surface area contributed by atoms with Crippen LogP contribution in [0.25, 0.3) is 11.1 Å². The van der Waals surface area contributed by atoms with E-state index in [1.165, 1.54) is 27.8 Å². The fraction of sp³-hybridized carbons (Fsp3) is 0.357. The minimum Gasteiger partial charge on any atom is -0.297 e. The summed E-state index contributed by atoms with van der Waals surface area (Å²) < 4.78 is 0. The molecule has 2 nitrogen and oxygen atoms in total. The predicted octanol–water partition coefficient (Wildman–Crippen LogP) is 6.62. The van der Waals surface area contributed by atoms with Gasteiger partial charge in [-0.15, -0.1) is 0 Å². The third kappa shape index (κ3) is 5.77. The molecule has 162 valence electrons. The number of benzene rings is 3. The standard InChI is InChI=1S/C28H33ClN2/c1-28(2,3)25-12-8-22(9-13-25)20-30-16-18-31(19-17-30)21-24-6-4-5-7-27(24)23-10-14-26(29)15-11-23/h4-15H,16-21H2,1-3H3. The number of piperazine rings is 1. The van der Waals surface area contributed by atoms with E-state index in [0.717, 1.165) is 44.3 Å². The lowest BCUT2D eigenvalue weighted by Gasteiger charge is -2.35. The molecule has 0 aliphatic carbocycles. The molecule has 0 bridgehead atoms. The molecule has 0 N–H and O–H groups in total.